The number of hydrogen-bond acceptors (Lipinski definition) is 4. The first-order valence-electron chi connectivity index (χ1n) is 6.77. The summed E-state index contributed by atoms with van der Waals surface area (Å²) in [6, 6.07) is 9.82. The van der Waals surface area contributed by atoms with Crippen LogP contribution >= 0.6 is 12.4 Å². The molecule has 0 saturated heterocycles. The Hall–Kier alpha value is -1.15. The highest BCUT2D eigenvalue weighted by Crippen LogP contribution is 2.03. The number of carbonyl (C=O) groups excluding carboxylic acids is 1. The lowest BCUT2D eigenvalue weighted by Crippen LogP contribution is -2.43. The summed E-state index contributed by atoms with van der Waals surface area (Å²) in [5.74, 6) is -0.232. The van der Waals surface area contributed by atoms with Crippen molar-refractivity contribution in [2.45, 2.75) is 6.42 Å². The number of sulfonamides is 1. The van der Waals surface area contributed by atoms with E-state index in [2.05, 4.69) is 0 Å². The van der Waals surface area contributed by atoms with Gasteiger partial charge in [0.1, 0.15) is 0 Å². The second-order valence-corrected chi connectivity index (χ2v) is 7.01. The first-order chi connectivity index (χ1) is 9.84. The number of rotatable bonds is 8. The summed E-state index contributed by atoms with van der Waals surface area (Å²) >= 11 is 0. The molecule has 1 aromatic carbocycles. The predicted octanol–water partition coefficient (Wildman–Crippen LogP) is 0.330. The number of likely N-dealkylation sites (N-methyl/N-ethyl adjacent to an activating group) is 1. The normalized spacial score (nSPS) is 11.1. The molecule has 0 aliphatic heterocycles. The van der Waals surface area contributed by atoms with Gasteiger partial charge in [-0.05, 0) is 12.0 Å². The summed E-state index contributed by atoms with van der Waals surface area (Å²) in [7, 11) is -1.96. The van der Waals surface area contributed by atoms with Crippen molar-refractivity contribution in [1.82, 2.24) is 9.21 Å². The van der Waals surface area contributed by atoms with Crippen LogP contribution in [0, 0.1) is 0 Å². The van der Waals surface area contributed by atoms with Crippen LogP contribution in [0.5, 0.6) is 0 Å². The van der Waals surface area contributed by atoms with Crippen molar-refractivity contribution in [3.05, 3.63) is 35.9 Å². The van der Waals surface area contributed by atoms with Gasteiger partial charge in [0.05, 0.1) is 12.8 Å². The molecule has 0 radical (unpaired) electrons. The standard InChI is InChI=1S/C14H23N3O3S.ClH/c1-16(21(2,19)20)12-14(18)17(11-9-15)10-8-13-6-4-3-5-7-13;/h3-7H,8-12,15H2,1-2H3;1H. The fraction of sp³-hybridized carbons (Fsp3) is 0.500. The average Bonchev–Trinajstić information content (AvgIpc) is 2.43. The molecule has 0 saturated carbocycles. The van der Waals surface area contributed by atoms with Crippen LogP contribution in [-0.4, -0.2) is 63.0 Å². The fourth-order valence-corrected chi connectivity index (χ4v) is 2.18. The van der Waals surface area contributed by atoms with Gasteiger partial charge in [0.25, 0.3) is 0 Å². The maximum absolute atomic E-state index is 12.2. The summed E-state index contributed by atoms with van der Waals surface area (Å²) in [4.78, 5) is 13.8. The Morgan fingerprint density at radius 3 is 2.27 bits per heavy atom. The lowest BCUT2D eigenvalue weighted by molar-refractivity contribution is -0.131. The van der Waals surface area contributed by atoms with Gasteiger partial charge in [-0.15, -0.1) is 12.4 Å². The molecule has 8 heteroatoms. The zero-order chi connectivity index (χ0) is 15.9. The molecular weight excluding hydrogens is 326 g/mol. The first-order valence-corrected chi connectivity index (χ1v) is 8.62. The summed E-state index contributed by atoms with van der Waals surface area (Å²) in [5.41, 5.74) is 6.66. The smallest absolute Gasteiger partial charge is 0.237 e. The lowest BCUT2D eigenvalue weighted by atomic mass is 10.1. The number of amides is 1. The second kappa shape index (κ2) is 9.78. The van der Waals surface area contributed by atoms with Crippen LogP contribution in [-0.2, 0) is 21.2 Å². The van der Waals surface area contributed by atoms with Gasteiger partial charge in [-0.25, -0.2) is 8.42 Å². The molecule has 6 nitrogen and oxygen atoms in total. The van der Waals surface area contributed by atoms with Gasteiger partial charge in [-0.1, -0.05) is 30.3 Å². The van der Waals surface area contributed by atoms with Gasteiger partial charge in [-0.2, -0.15) is 4.31 Å². The highest BCUT2D eigenvalue weighted by Gasteiger charge is 2.19. The molecule has 0 bridgehead atoms. The van der Waals surface area contributed by atoms with Crippen LogP contribution in [0.1, 0.15) is 5.56 Å². The van der Waals surface area contributed by atoms with Crippen LogP contribution in [0.3, 0.4) is 0 Å². The molecule has 126 valence electrons. The third kappa shape index (κ3) is 7.22. The van der Waals surface area contributed by atoms with Crippen molar-refractivity contribution < 1.29 is 13.2 Å². The summed E-state index contributed by atoms with van der Waals surface area (Å²) in [5, 5.41) is 0. The highest BCUT2D eigenvalue weighted by molar-refractivity contribution is 7.88. The van der Waals surface area contributed by atoms with E-state index < -0.39 is 10.0 Å². The van der Waals surface area contributed by atoms with Gasteiger partial charge in [0.2, 0.25) is 15.9 Å². The molecule has 1 aromatic rings. The van der Waals surface area contributed by atoms with Gasteiger partial charge in [0.15, 0.2) is 0 Å². The molecule has 2 N–H and O–H groups in total. The van der Waals surface area contributed by atoms with Crippen LogP contribution in [0.2, 0.25) is 0 Å². The number of nitrogens with two attached hydrogens (primary N) is 1. The third-order valence-electron chi connectivity index (χ3n) is 3.19. The quantitative estimate of drug-likeness (QED) is 0.733. The van der Waals surface area contributed by atoms with E-state index in [0.717, 1.165) is 22.5 Å². The number of benzene rings is 1. The minimum atomic E-state index is -3.36. The van der Waals surface area contributed by atoms with E-state index in [4.69, 9.17) is 5.73 Å². The number of nitrogens with zero attached hydrogens (tertiary/aromatic N) is 2. The van der Waals surface area contributed by atoms with E-state index in [-0.39, 0.29) is 24.9 Å². The van der Waals surface area contributed by atoms with E-state index in [1.807, 2.05) is 30.3 Å². The fourth-order valence-electron chi connectivity index (χ4n) is 1.83. The largest absolute Gasteiger partial charge is 0.340 e. The molecule has 1 rings (SSSR count). The van der Waals surface area contributed by atoms with Crippen LogP contribution in [0.25, 0.3) is 0 Å². The Morgan fingerprint density at radius 2 is 1.77 bits per heavy atom. The topological polar surface area (TPSA) is 83.7 Å². The summed E-state index contributed by atoms with van der Waals surface area (Å²) < 4.78 is 23.8. The molecule has 22 heavy (non-hydrogen) atoms. The van der Waals surface area contributed by atoms with E-state index >= 15 is 0 Å². The van der Waals surface area contributed by atoms with E-state index in [1.165, 1.54) is 7.05 Å². The van der Waals surface area contributed by atoms with Crippen molar-refractivity contribution in [2.75, 3.05) is 39.5 Å². The molecular formula is C14H24ClN3O3S. The average molecular weight is 350 g/mol. The Morgan fingerprint density at radius 1 is 1.18 bits per heavy atom. The molecule has 0 aromatic heterocycles. The lowest BCUT2D eigenvalue weighted by Gasteiger charge is -2.24. The van der Waals surface area contributed by atoms with E-state index in [1.54, 1.807) is 4.90 Å². The molecule has 0 unspecified atom stereocenters. The zero-order valence-electron chi connectivity index (χ0n) is 12.9. The van der Waals surface area contributed by atoms with Crippen LogP contribution in [0.4, 0.5) is 0 Å². The van der Waals surface area contributed by atoms with Crippen molar-refractivity contribution in [3.63, 3.8) is 0 Å². The summed E-state index contributed by atoms with van der Waals surface area (Å²) in [6.45, 7) is 1.14. The van der Waals surface area contributed by atoms with Crippen molar-refractivity contribution >= 4 is 28.3 Å². The van der Waals surface area contributed by atoms with E-state index in [0.29, 0.717) is 19.6 Å². The third-order valence-corrected chi connectivity index (χ3v) is 4.45. The first kappa shape index (κ1) is 20.9. The van der Waals surface area contributed by atoms with E-state index in [9.17, 15) is 13.2 Å². The zero-order valence-corrected chi connectivity index (χ0v) is 14.6. The molecule has 0 fully saturated rings. The SMILES string of the molecule is CN(CC(=O)N(CCN)CCc1ccccc1)S(C)(=O)=O.Cl. The van der Waals surface area contributed by atoms with Gasteiger partial charge in [0, 0.05) is 26.7 Å². The highest BCUT2D eigenvalue weighted by atomic mass is 35.5. The minimum Gasteiger partial charge on any atom is -0.340 e. The Kier molecular flexibility index (Phi) is 9.27. The van der Waals surface area contributed by atoms with Crippen molar-refractivity contribution in [3.8, 4) is 0 Å². The van der Waals surface area contributed by atoms with Crippen LogP contribution in [0.15, 0.2) is 30.3 Å². The maximum atomic E-state index is 12.2. The minimum absolute atomic E-state index is 0. The second-order valence-electron chi connectivity index (χ2n) is 4.92. The molecule has 0 heterocycles. The molecule has 0 aliphatic rings. The monoisotopic (exact) mass is 349 g/mol. The number of carbonyl (C=O) groups is 1. The Balaban J connectivity index is 0.00000441. The van der Waals surface area contributed by atoms with Crippen LogP contribution < -0.4 is 5.73 Å². The predicted molar refractivity (Wildman–Crippen MR) is 90.5 cm³/mol. The maximum Gasteiger partial charge on any atom is 0.237 e. The molecule has 0 aliphatic carbocycles. The van der Waals surface area contributed by atoms with Crippen molar-refractivity contribution in [2.24, 2.45) is 5.73 Å². The number of halogens is 1. The van der Waals surface area contributed by atoms with Gasteiger partial charge < -0.3 is 10.6 Å². The van der Waals surface area contributed by atoms with Crippen molar-refractivity contribution in [1.29, 1.82) is 0 Å². The van der Waals surface area contributed by atoms with Gasteiger partial charge in [-0.3, -0.25) is 4.79 Å². The Labute approximate surface area is 138 Å². The number of hydrogen-bond donors (Lipinski definition) is 1. The summed E-state index contributed by atoms with van der Waals surface area (Å²) in [6.07, 6.45) is 1.80. The molecule has 0 spiro atoms. The van der Waals surface area contributed by atoms with Gasteiger partial charge >= 0.3 is 0 Å². The molecule has 0 atom stereocenters. The molecule has 1 amide bonds. The Bertz CT molecular complexity index is 552.